The van der Waals surface area contributed by atoms with E-state index < -0.39 is 0 Å². The topological polar surface area (TPSA) is 70.0 Å². The van der Waals surface area contributed by atoms with Gasteiger partial charge in [0, 0.05) is 38.8 Å². The first-order chi connectivity index (χ1) is 14.1. The fourth-order valence-corrected chi connectivity index (χ4v) is 3.89. The lowest BCUT2D eigenvalue weighted by atomic mass is 10.1. The molecule has 3 aliphatic rings. The largest absolute Gasteiger partial charge is 0.493 e. The van der Waals surface area contributed by atoms with Gasteiger partial charge in [-0.1, -0.05) is 13.0 Å². The van der Waals surface area contributed by atoms with Gasteiger partial charge in [0.15, 0.2) is 11.5 Å². The van der Waals surface area contributed by atoms with Crippen molar-refractivity contribution in [3.8, 4) is 11.5 Å². The summed E-state index contributed by atoms with van der Waals surface area (Å²) in [4.78, 5) is 28.6. The number of carbonyl (C=O) groups excluding carboxylic acids is 1. The van der Waals surface area contributed by atoms with E-state index in [1.165, 1.54) is 0 Å². The second-order valence-corrected chi connectivity index (χ2v) is 7.27. The monoisotopic (exact) mass is 397 g/mol. The molecule has 0 bridgehead atoms. The van der Waals surface area contributed by atoms with Crippen molar-refractivity contribution < 1.29 is 14.3 Å². The number of benzene rings is 1. The predicted octanol–water partition coefficient (Wildman–Crippen LogP) is 1.84. The molecule has 1 fully saturated rings. The van der Waals surface area contributed by atoms with Gasteiger partial charge >= 0.3 is 0 Å². The molecule has 8 nitrogen and oxygen atoms in total. The number of amides is 1. The standard InChI is InChI=1S/C21H27N5O3/c1-4-15-13-26-14-22-18(12-19(26)23-15)24-8-10-25(11-9-24)21(27)16-6-5-7-17(28-2)20(16)29-3/h5-7,12,14-15H,4,8-11,13H2,1-3H3. The maximum Gasteiger partial charge on any atom is 0.257 e. The minimum atomic E-state index is -0.0429. The van der Waals surface area contributed by atoms with E-state index in [4.69, 9.17) is 14.5 Å². The molecule has 8 heteroatoms. The Hall–Kier alpha value is -3.03. The first kappa shape index (κ1) is 19.3. The molecule has 29 heavy (non-hydrogen) atoms. The Kier molecular flexibility index (Phi) is 5.42. The van der Waals surface area contributed by atoms with Gasteiger partial charge in [-0.3, -0.25) is 9.79 Å². The van der Waals surface area contributed by atoms with Gasteiger partial charge in [0.2, 0.25) is 0 Å². The minimum Gasteiger partial charge on any atom is -0.493 e. The van der Waals surface area contributed by atoms with E-state index >= 15 is 0 Å². The molecule has 0 aromatic heterocycles. The fourth-order valence-electron chi connectivity index (χ4n) is 3.89. The summed E-state index contributed by atoms with van der Waals surface area (Å²) < 4.78 is 10.7. The number of carbonyl (C=O) groups is 1. The van der Waals surface area contributed by atoms with Gasteiger partial charge in [0.05, 0.1) is 32.2 Å². The second-order valence-electron chi connectivity index (χ2n) is 7.27. The van der Waals surface area contributed by atoms with Crippen LogP contribution in [0.2, 0.25) is 0 Å². The summed E-state index contributed by atoms with van der Waals surface area (Å²) in [5.74, 6) is 2.90. The molecule has 154 valence electrons. The van der Waals surface area contributed by atoms with Gasteiger partial charge in [-0.05, 0) is 18.6 Å². The zero-order valence-corrected chi connectivity index (χ0v) is 17.2. The zero-order valence-electron chi connectivity index (χ0n) is 17.2. The molecule has 3 aliphatic heterocycles. The number of hydrogen-bond acceptors (Lipinski definition) is 7. The van der Waals surface area contributed by atoms with Crippen LogP contribution in [-0.2, 0) is 0 Å². The Bertz CT molecular complexity index is 871. The molecule has 0 radical (unpaired) electrons. The lowest BCUT2D eigenvalue weighted by molar-refractivity contribution is 0.0664. The zero-order chi connectivity index (χ0) is 20.4. The average molecular weight is 397 g/mol. The highest BCUT2D eigenvalue weighted by Gasteiger charge is 2.29. The number of ether oxygens (including phenoxy) is 2. The number of hydrogen-bond donors (Lipinski definition) is 0. The Morgan fingerprint density at radius 3 is 2.66 bits per heavy atom. The molecule has 0 N–H and O–H groups in total. The van der Waals surface area contributed by atoms with Gasteiger partial charge in [-0.15, -0.1) is 0 Å². The van der Waals surface area contributed by atoms with Crippen LogP contribution in [0.1, 0.15) is 23.7 Å². The number of rotatable bonds is 5. The maximum absolute atomic E-state index is 13.1. The third-order valence-corrected chi connectivity index (χ3v) is 5.60. The molecule has 1 atom stereocenters. The van der Waals surface area contributed by atoms with Crippen molar-refractivity contribution in [1.82, 2.24) is 14.7 Å². The van der Waals surface area contributed by atoms with Crippen LogP contribution in [0.4, 0.5) is 0 Å². The third-order valence-electron chi connectivity index (χ3n) is 5.60. The Balaban J connectivity index is 1.43. The lowest BCUT2D eigenvalue weighted by Gasteiger charge is -2.37. The summed E-state index contributed by atoms with van der Waals surface area (Å²) in [6.07, 6.45) is 4.96. The van der Waals surface area contributed by atoms with Crippen LogP contribution in [0.25, 0.3) is 0 Å². The van der Waals surface area contributed by atoms with E-state index in [0.29, 0.717) is 36.2 Å². The van der Waals surface area contributed by atoms with Crippen molar-refractivity contribution in [2.24, 2.45) is 9.98 Å². The van der Waals surface area contributed by atoms with Crippen molar-refractivity contribution in [3.05, 3.63) is 35.7 Å². The van der Waals surface area contributed by atoms with Crippen molar-refractivity contribution in [1.29, 1.82) is 0 Å². The SMILES string of the molecule is CCC1CN2C=NC(N3CCN(C(=O)c4cccc(OC)c4OC)CC3)=CC2=N1. The van der Waals surface area contributed by atoms with Gasteiger partial charge in [0.25, 0.3) is 5.91 Å². The molecule has 1 aromatic rings. The summed E-state index contributed by atoms with van der Waals surface area (Å²) in [5.41, 5.74) is 0.525. The van der Waals surface area contributed by atoms with Crippen molar-refractivity contribution in [2.75, 3.05) is 46.9 Å². The van der Waals surface area contributed by atoms with Crippen molar-refractivity contribution >= 4 is 18.1 Å². The highest BCUT2D eigenvalue weighted by atomic mass is 16.5. The maximum atomic E-state index is 13.1. The number of piperazine rings is 1. The molecule has 4 rings (SSSR count). The molecule has 0 aliphatic carbocycles. The first-order valence-electron chi connectivity index (χ1n) is 10.00. The molecule has 1 saturated heterocycles. The van der Waals surface area contributed by atoms with Gasteiger partial charge in [-0.25, -0.2) is 4.99 Å². The first-order valence-corrected chi connectivity index (χ1v) is 10.00. The van der Waals surface area contributed by atoms with E-state index in [9.17, 15) is 4.79 Å². The highest BCUT2D eigenvalue weighted by Crippen LogP contribution is 2.32. The van der Waals surface area contributed by atoms with Crippen LogP contribution < -0.4 is 9.47 Å². The number of amidine groups is 1. The minimum absolute atomic E-state index is 0.0429. The third kappa shape index (κ3) is 3.66. The van der Waals surface area contributed by atoms with Crippen LogP contribution in [0.5, 0.6) is 11.5 Å². The molecule has 1 unspecified atom stereocenters. The molecular formula is C21H27N5O3. The summed E-state index contributed by atoms with van der Waals surface area (Å²) >= 11 is 0. The predicted molar refractivity (Wildman–Crippen MR) is 112 cm³/mol. The normalized spacial score (nSPS) is 20.9. The van der Waals surface area contributed by atoms with Crippen LogP contribution in [0.3, 0.4) is 0 Å². The summed E-state index contributed by atoms with van der Waals surface area (Å²) in [5, 5.41) is 0. The molecule has 1 amide bonds. The van der Waals surface area contributed by atoms with E-state index in [1.54, 1.807) is 26.4 Å². The summed E-state index contributed by atoms with van der Waals surface area (Å²) in [7, 11) is 3.13. The van der Waals surface area contributed by atoms with Gasteiger partial charge < -0.3 is 24.2 Å². The smallest absolute Gasteiger partial charge is 0.257 e. The fraction of sp³-hybridized carbons (Fsp3) is 0.476. The van der Waals surface area contributed by atoms with Crippen LogP contribution in [0.15, 0.2) is 40.1 Å². The summed E-state index contributed by atoms with van der Waals surface area (Å²) in [6.45, 7) is 5.77. The highest BCUT2D eigenvalue weighted by molar-refractivity contribution is 6.03. The van der Waals surface area contributed by atoms with E-state index in [2.05, 4.69) is 27.8 Å². The molecule has 0 saturated carbocycles. The van der Waals surface area contributed by atoms with E-state index in [-0.39, 0.29) is 5.91 Å². The van der Waals surface area contributed by atoms with E-state index in [1.807, 2.05) is 17.3 Å². The van der Waals surface area contributed by atoms with E-state index in [0.717, 1.165) is 37.7 Å². The Morgan fingerprint density at radius 2 is 1.97 bits per heavy atom. The van der Waals surface area contributed by atoms with Gasteiger partial charge in [-0.2, -0.15) is 0 Å². The Labute approximate surface area is 171 Å². The quantitative estimate of drug-likeness (QED) is 0.758. The average Bonchev–Trinajstić information content (AvgIpc) is 3.20. The number of para-hydroxylation sites is 1. The second kappa shape index (κ2) is 8.14. The Morgan fingerprint density at radius 1 is 1.17 bits per heavy atom. The number of nitrogens with zero attached hydrogens (tertiary/aromatic N) is 5. The van der Waals surface area contributed by atoms with Crippen molar-refractivity contribution in [2.45, 2.75) is 19.4 Å². The van der Waals surface area contributed by atoms with Gasteiger partial charge in [0.1, 0.15) is 11.7 Å². The van der Waals surface area contributed by atoms with Crippen LogP contribution >= 0.6 is 0 Å². The van der Waals surface area contributed by atoms with Crippen LogP contribution in [0, 0.1) is 0 Å². The van der Waals surface area contributed by atoms with Crippen molar-refractivity contribution in [3.63, 3.8) is 0 Å². The lowest BCUT2D eigenvalue weighted by Crippen LogP contribution is -2.48. The molecule has 0 spiro atoms. The number of aliphatic imine (C=N–C) groups is 2. The molecule has 1 aromatic carbocycles. The number of fused-ring (bicyclic) bond motifs is 1. The van der Waals surface area contributed by atoms with Crippen LogP contribution in [-0.4, -0.2) is 85.8 Å². The molecular weight excluding hydrogens is 370 g/mol. The number of methoxy groups -OCH3 is 2. The molecule has 3 heterocycles. The summed E-state index contributed by atoms with van der Waals surface area (Å²) in [6, 6.07) is 5.73.